The first kappa shape index (κ1) is 21.1. The number of aliphatic hydroxyl groups is 1. The van der Waals surface area contributed by atoms with Crippen LogP contribution in [-0.4, -0.2) is 33.1 Å². The maximum atomic E-state index is 10.5. The summed E-state index contributed by atoms with van der Waals surface area (Å²) in [7, 11) is 0. The van der Waals surface area contributed by atoms with Crippen molar-refractivity contribution >= 4 is 0 Å². The van der Waals surface area contributed by atoms with Crippen molar-refractivity contribution in [2.45, 2.75) is 24.9 Å². The maximum absolute atomic E-state index is 10.5. The Labute approximate surface area is 194 Å². The van der Waals surface area contributed by atoms with Crippen LogP contribution in [0.25, 0.3) is 11.1 Å². The lowest BCUT2D eigenvalue weighted by Crippen LogP contribution is -2.41. The van der Waals surface area contributed by atoms with E-state index in [1.807, 2.05) is 36.5 Å². The normalized spacial score (nSPS) is 16.7. The van der Waals surface area contributed by atoms with Crippen LogP contribution in [0.2, 0.25) is 0 Å². The molecule has 5 rings (SSSR count). The predicted molar refractivity (Wildman–Crippen MR) is 128 cm³/mol. The largest absolute Gasteiger partial charge is 0.394 e. The van der Waals surface area contributed by atoms with Crippen molar-refractivity contribution in [2.24, 2.45) is 0 Å². The van der Waals surface area contributed by atoms with Crippen LogP contribution in [0.15, 0.2) is 85.3 Å². The quantitative estimate of drug-likeness (QED) is 0.456. The lowest BCUT2D eigenvalue weighted by atomic mass is 9.87. The molecule has 1 aliphatic heterocycles. The van der Waals surface area contributed by atoms with Gasteiger partial charge in [-0.3, -0.25) is 4.90 Å². The molecule has 0 spiro atoms. The van der Waals surface area contributed by atoms with E-state index in [-0.39, 0.29) is 18.7 Å². The van der Waals surface area contributed by atoms with Gasteiger partial charge >= 0.3 is 0 Å². The summed E-state index contributed by atoms with van der Waals surface area (Å²) in [6, 6.07) is 26.9. The van der Waals surface area contributed by atoms with E-state index in [0.717, 1.165) is 30.6 Å². The monoisotopic (exact) mass is 434 g/mol. The first-order valence-electron chi connectivity index (χ1n) is 11.3. The second kappa shape index (κ2) is 9.41. The number of H-pyrrole nitrogens is 1. The van der Waals surface area contributed by atoms with Gasteiger partial charge < -0.3 is 10.1 Å². The molecule has 0 aliphatic carbocycles. The van der Waals surface area contributed by atoms with Crippen molar-refractivity contribution in [2.75, 3.05) is 13.2 Å². The summed E-state index contributed by atoms with van der Waals surface area (Å²) in [5.41, 5.74) is 7.66. The molecule has 0 saturated carbocycles. The zero-order valence-corrected chi connectivity index (χ0v) is 18.4. The number of benzene rings is 3. The Balaban J connectivity index is 1.50. The molecule has 33 heavy (non-hydrogen) atoms. The van der Waals surface area contributed by atoms with Crippen molar-refractivity contribution in [1.82, 2.24) is 14.9 Å². The molecule has 1 unspecified atom stereocenters. The zero-order valence-electron chi connectivity index (χ0n) is 18.4. The number of aromatic amines is 1. The minimum absolute atomic E-state index is 0.0334. The highest BCUT2D eigenvalue weighted by Gasteiger charge is 2.33. The average Bonchev–Trinajstić information content (AvgIpc) is 3.42. The van der Waals surface area contributed by atoms with Crippen molar-refractivity contribution in [3.63, 3.8) is 0 Å². The third-order valence-electron chi connectivity index (χ3n) is 6.62. The molecule has 1 aromatic heterocycles. The van der Waals surface area contributed by atoms with E-state index in [0.29, 0.717) is 5.56 Å². The minimum Gasteiger partial charge on any atom is -0.394 e. The Hall–Kier alpha value is -3.72. The van der Waals surface area contributed by atoms with E-state index in [9.17, 15) is 5.11 Å². The molecule has 0 saturated heterocycles. The Bertz CT molecular complexity index is 1240. The molecule has 3 aromatic carbocycles. The summed E-state index contributed by atoms with van der Waals surface area (Å²) < 4.78 is 0. The van der Waals surface area contributed by atoms with Gasteiger partial charge in [0, 0.05) is 12.7 Å². The second-order valence-electron chi connectivity index (χ2n) is 8.50. The van der Waals surface area contributed by atoms with E-state index in [1.54, 1.807) is 6.33 Å². The van der Waals surface area contributed by atoms with Crippen LogP contribution in [0.5, 0.6) is 0 Å². The highest BCUT2D eigenvalue weighted by Crippen LogP contribution is 2.38. The number of imidazole rings is 1. The summed E-state index contributed by atoms with van der Waals surface area (Å²) in [6.07, 6.45) is 5.27. The Morgan fingerprint density at radius 1 is 1.06 bits per heavy atom. The van der Waals surface area contributed by atoms with Gasteiger partial charge in [-0.05, 0) is 58.9 Å². The summed E-state index contributed by atoms with van der Waals surface area (Å²) in [6.45, 7) is 0.895. The number of aromatic nitrogens is 2. The van der Waals surface area contributed by atoms with Crippen LogP contribution in [0.4, 0.5) is 0 Å². The SMILES string of the molecule is N#Cc1ccc(CC(c2cnc[nH]2)N2CCc3ccc(-c4ccccc4)cc3[C@H]2CO)cc1. The Kier molecular flexibility index (Phi) is 6.03. The summed E-state index contributed by atoms with van der Waals surface area (Å²) >= 11 is 0. The van der Waals surface area contributed by atoms with Crippen molar-refractivity contribution in [1.29, 1.82) is 5.26 Å². The lowest BCUT2D eigenvalue weighted by molar-refractivity contribution is 0.0714. The first-order chi connectivity index (χ1) is 16.3. The molecule has 0 bridgehead atoms. The molecule has 2 heterocycles. The molecule has 0 amide bonds. The molecule has 4 aromatic rings. The molecule has 5 heteroatoms. The van der Waals surface area contributed by atoms with Gasteiger partial charge in [-0.2, -0.15) is 5.26 Å². The number of hydrogen-bond donors (Lipinski definition) is 2. The molecule has 5 nitrogen and oxygen atoms in total. The number of aliphatic hydroxyl groups excluding tert-OH is 1. The van der Waals surface area contributed by atoms with E-state index >= 15 is 0 Å². The van der Waals surface area contributed by atoms with Gasteiger partial charge in [0.1, 0.15) is 0 Å². The van der Waals surface area contributed by atoms with E-state index in [1.165, 1.54) is 22.3 Å². The van der Waals surface area contributed by atoms with Gasteiger partial charge in [0.05, 0.1) is 42.3 Å². The van der Waals surface area contributed by atoms with Crippen molar-refractivity contribution in [3.05, 3.63) is 113 Å². The first-order valence-corrected chi connectivity index (χ1v) is 11.3. The van der Waals surface area contributed by atoms with E-state index in [4.69, 9.17) is 5.26 Å². The van der Waals surface area contributed by atoms with Crippen LogP contribution in [0.3, 0.4) is 0 Å². The molecular weight excluding hydrogens is 408 g/mol. The Morgan fingerprint density at radius 2 is 1.88 bits per heavy atom. The molecule has 1 aliphatic rings. The fourth-order valence-corrected chi connectivity index (χ4v) is 4.90. The molecular formula is C28H26N4O. The standard InChI is InChI=1S/C28H26N4O/c29-16-21-8-6-20(7-9-21)14-27(26-17-30-19-31-26)32-13-12-23-10-11-24(15-25(23)28(32)18-33)22-4-2-1-3-5-22/h1-11,15,17,19,27-28,33H,12-14,18H2,(H,30,31)/t27?,28-/m1/s1. The van der Waals surface area contributed by atoms with Crippen LogP contribution in [-0.2, 0) is 12.8 Å². The topological polar surface area (TPSA) is 75.9 Å². The molecule has 2 atom stereocenters. The third-order valence-corrected chi connectivity index (χ3v) is 6.62. The number of nitrogens with one attached hydrogen (secondary N) is 1. The number of nitrogens with zero attached hydrogens (tertiary/aromatic N) is 3. The number of hydrogen-bond acceptors (Lipinski definition) is 4. The highest BCUT2D eigenvalue weighted by atomic mass is 16.3. The molecule has 0 fully saturated rings. The lowest BCUT2D eigenvalue weighted by Gasteiger charge is -2.41. The van der Waals surface area contributed by atoms with Gasteiger partial charge in [-0.1, -0.05) is 54.6 Å². The van der Waals surface area contributed by atoms with Gasteiger partial charge in [0.2, 0.25) is 0 Å². The fourth-order valence-electron chi connectivity index (χ4n) is 4.90. The van der Waals surface area contributed by atoms with Crippen LogP contribution in [0, 0.1) is 11.3 Å². The van der Waals surface area contributed by atoms with Crippen molar-refractivity contribution in [3.8, 4) is 17.2 Å². The van der Waals surface area contributed by atoms with Crippen LogP contribution >= 0.6 is 0 Å². The summed E-state index contributed by atoms with van der Waals surface area (Å²) in [5.74, 6) is 0. The summed E-state index contributed by atoms with van der Waals surface area (Å²) in [4.78, 5) is 9.96. The van der Waals surface area contributed by atoms with Gasteiger partial charge in [0.15, 0.2) is 0 Å². The number of fused-ring (bicyclic) bond motifs is 1. The Morgan fingerprint density at radius 3 is 2.58 bits per heavy atom. The van der Waals surface area contributed by atoms with Crippen molar-refractivity contribution < 1.29 is 5.11 Å². The van der Waals surface area contributed by atoms with Crippen LogP contribution < -0.4 is 0 Å². The maximum Gasteiger partial charge on any atom is 0.0991 e. The smallest absolute Gasteiger partial charge is 0.0991 e. The third kappa shape index (κ3) is 4.31. The van der Waals surface area contributed by atoms with Gasteiger partial charge in [-0.15, -0.1) is 0 Å². The molecule has 164 valence electrons. The van der Waals surface area contributed by atoms with E-state index in [2.05, 4.69) is 63.4 Å². The molecule has 0 radical (unpaired) electrons. The minimum atomic E-state index is -0.107. The van der Waals surface area contributed by atoms with Crippen LogP contribution in [0.1, 0.15) is 40.0 Å². The summed E-state index contributed by atoms with van der Waals surface area (Å²) in [5, 5.41) is 19.7. The average molecular weight is 435 g/mol. The second-order valence-corrected chi connectivity index (χ2v) is 8.50. The number of nitriles is 1. The zero-order chi connectivity index (χ0) is 22.6. The van der Waals surface area contributed by atoms with Gasteiger partial charge in [-0.25, -0.2) is 4.98 Å². The van der Waals surface area contributed by atoms with Gasteiger partial charge in [0.25, 0.3) is 0 Å². The number of rotatable bonds is 6. The molecule has 2 N–H and O–H groups in total. The highest BCUT2D eigenvalue weighted by molar-refractivity contribution is 5.65. The predicted octanol–water partition coefficient (Wildman–Crippen LogP) is 4.82. The van der Waals surface area contributed by atoms with E-state index < -0.39 is 0 Å². The fraction of sp³-hybridized carbons (Fsp3) is 0.214.